The van der Waals surface area contributed by atoms with Crippen LogP contribution in [-0.2, 0) is 9.47 Å². The van der Waals surface area contributed by atoms with Crippen LogP contribution in [0.15, 0.2) is 12.3 Å². The quantitative estimate of drug-likeness (QED) is 0.150. The normalized spacial score (nSPS) is 13.2. The predicted molar refractivity (Wildman–Crippen MR) is 110 cm³/mol. The van der Waals surface area contributed by atoms with E-state index in [4.69, 9.17) is 15.9 Å². The van der Waals surface area contributed by atoms with Crippen molar-refractivity contribution in [2.24, 2.45) is 0 Å². The van der Waals surface area contributed by atoms with Crippen molar-refractivity contribution >= 4 is 0 Å². The molecule has 0 aromatic heterocycles. The third-order valence-corrected chi connectivity index (χ3v) is 4.88. The van der Waals surface area contributed by atoms with Gasteiger partial charge in [-0.3, -0.25) is 0 Å². The number of terminal acetylenes is 1. The minimum Gasteiger partial charge on any atom is -0.494 e. The Morgan fingerprint density at radius 3 is 1.84 bits per heavy atom. The highest BCUT2D eigenvalue weighted by molar-refractivity contribution is 5.09. The van der Waals surface area contributed by atoms with Crippen molar-refractivity contribution in [1.82, 2.24) is 0 Å². The van der Waals surface area contributed by atoms with Gasteiger partial charge in [0.2, 0.25) is 0 Å². The Bertz CT molecular complexity index is 356. The molecular weight excluding hydrogens is 308 g/mol. The fourth-order valence-electron chi connectivity index (χ4n) is 3.09. The zero-order chi connectivity index (χ0) is 18.8. The van der Waals surface area contributed by atoms with Gasteiger partial charge in [-0.25, -0.2) is 0 Å². The van der Waals surface area contributed by atoms with Crippen LogP contribution in [0.5, 0.6) is 0 Å². The summed E-state index contributed by atoms with van der Waals surface area (Å²) in [6.07, 6.45) is 23.2. The highest BCUT2D eigenvalue weighted by Crippen LogP contribution is 2.20. The first-order valence-corrected chi connectivity index (χ1v) is 10.5. The monoisotopic (exact) mass is 350 g/mol. The number of rotatable bonds is 18. The molecule has 0 aliphatic rings. The van der Waals surface area contributed by atoms with E-state index in [0.29, 0.717) is 6.61 Å². The molecule has 0 aromatic rings. The van der Waals surface area contributed by atoms with Gasteiger partial charge in [0.15, 0.2) is 5.60 Å². The number of ether oxygens (including phenoxy) is 2. The summed E-state index contributed by atoms with van der Waals surface area (Å²) in [5.41, 5.74) is -0.602. The summed E-state index contributed by atoms with van der Waals surface area (Å²) in [4.78, 5) is 0. The molecule has 146 valence electrons. The molecule has 0 N–H and O–H groups in total. The van der Waals surface area contributed by atoms with Crippen LogP contribution in [0, 0.1) is 12.3 Å². The van der Waals surface area contributed by atoms with Crippen LogP contribution in [0.3, 0.4) is 0 Å². The summed E-state index contributed by atoms with van der Waals surface area (Å²) >= 11 is 0. The van der Waals surface area contributed by atoms with E-state index in [1.807, 2.05) is 0 Å². The average molecular weight is 351 g/mol. The van der Waals surface area contributed by atoms with Gasteiger partial charge in [0.1, 0.15) is 6.61 Å². The van der Waals surface area contributed by atoms with E-state index >= 15 is 0 Å². The summed E-state index contributed by atoms with van der Waals surface area (Å²) in [6, 6.07) is 0. The Morgan fingerprint density at radius 2 is 1.40 bits per heavy atom. The first-order valence-electron chi connectivity index (χ1n) is 10.5. The molecule has 0 spiro atoms. The van der Waals surface area contributed by atoms with Gasteiger partial charge in [-0.15, -0.1) is 6.42 Å². The van der Waals surface area contributed by atoms with E-state index in [9.17, 15) is 0 Å². The molecule has 0 aliphatic carbocycles. The van der Waals surface area contributed by atoms with Crippen molar-refractivity contribution in [3.63, 3.8) is 0 Å². The fourth-order valence-corrected chi connectivity index (χ4v) is 3.09. The van der Waals surface area contributed by atoms with Gasteiger partial charge in [0.25, 0.3) is 0 Å². The summed E-state index contributed by atoms with van der Waals surface area (Å²) in [5.74, 6) is 3.58. The molecule has 0 aromatic carbocycles. The van der Waals surface area contributed by atoms with Crippen molar-refractivity contribution in [3.05, 3.63) is 12.3 Å². The Morgan fingerprint density at radius 1 is 0.880 bits per heavy atom. The van der Waals surface area contributed by atoms with E-state index in [1.165, 1.54) is 64.2 Å². The topological polar surface area (TPSA) is 18.5 Å². The zero-order valence-electron chi connectivity index (χ0n) is 17.2. The van der Waals surface area contributed by atoms with Crippen molar-refractivity contribution in [3.8, 4) is 12.3 Å². The van der Waals surface area contributed by atoms with Crippen molar-refractivity contribution in [2.45, 2.75) is 109 Å². The van der Waals surface area contributed by atoms with Crippen molar-refractivity contribution < 1.29 is 9.47 Å². The van der Waals surface area contributed by atoms with Gasteiger partial charge < -0.3 is 9.47 Å². The maximum atomic E-state index is 5.77. The SMILES string of the molecule is C#CC(CCC)(COC(=C)CCCCCCCCCCCCC)OC. The second kappa shape index (κ2) is 16.5. The number of methoxy groups -OCH3 is 1. The van der Waals surface area contributed by atoms with Crippen LogP contribution in [-0.4, -0.2) is 19.3 Å². The molecular formula is C23H42O2. The van der Waals surface area contributed by atoms with Crippen LogP contribution in [0.2, 0.25) is 0 Å². The van der Waals surface area contributed by atoms with Gasteiger partial charge in [-0.2, -0.15) is 0 Å². The molecule has 0 radical (unpaired) electrons. The molecule has 0 amide bonds. The fraction of sp³-hybridized carbons (Fsp3) is 0.826. The van der Waals surface area contributed by atoms with E-state index in [-0.39, 0.29) is 0 Å². The first kappa shape index (κ1) is 24.1. The van der Waals surface area contributed by atoms with Crippen molar-refractivity contribution in [2.75, 3.05) is 13.7 Å². The largest absolute Gasteiger partial charge is 0.494 e. The van der Waals surface area contributed by atoms with Crippen LogP contribution in [0.25, 0.3) is 0 Å². The number of allylic oxidation sites excluding steroid dienone is 1. The van der Waals surface area contributed by atoms with E-state index < -0.39 is 5.60 Å². The summed E-state index contributed by atoms with van der Waals surface area (Å²) in [7, 11) is 1.66. The summed E-state index contributed by atoms with van der Waals surface area (Å²) in [6.45, 7) is 8.80. The smallest absolute Gasteiger partial charge is 0.161 e. The number of hydrogen-bond acceptors (Lipinski definition) is 2. The molecule has 25 heavy (non-hydrogen) atoms. The Balaban J connectivity index is 3.57. The Hall–Kier alpha value is -0.940. The highest BCUT2D eigenvalue weighted by atomic mass is 16.5. The molecule has 0 heterocycles. The summed E-state index contributed by atoms with van der Waals surface area (Å²) in [5, 5.41) is 0. The lowest BCUT2D eigenvalue weighted by molar-refractivity contribution is -0.0248. The van der Waals surface area contributed by atoms with Gasteiger partial charge in [-0.05, 0) is 12.8 Å². The van der Waals surface area contributed by atoms with E-state index in [1.54, 1.807) is 7.11 Å². The third-order valence-electron chi connectivity index (χ3n) is 4.88. The lowest BCUT2D eigenvalue weighted by Gasteiger charge is -2.27. The standard InChI is InChI=1S/C23H42O2/c1-6-9-10-11-12-13-14-15-16-17-18-19-22(4)25-21-23(8-3,24-5)20-7-2/h3H,4,6-7,9-21H2,1-2,5H3. The molecule has 1 unspecified atom stereocenters. The van der Waals surface area contributed by atoms with Crippen molar-refractivity contribution in [1.29, 1.82) is 0 Å². The molecule has 0 aliphatic heterocycles. The van der Waals surface area contributed by atoms with Gasteiger partial charge in [-0.1, -0.05) is 97.0 Å². The molecule has 2 heteroatoms. The molecule has 0 bridgehead atoms. The lowest BCUT2D eigenvalue weighted by atomic mass is 10.00. The molecule has 0 saturated carbocycles. The van der Waals surface area contributed by atoms with E-state index in [0.717, 1.165) is 31.4 Å². The maximum absolute atomic E-state index is 5.77. The maximum Gasteiger partial charge on any atom is 0.161 e. The summed E-state index contributed by atoms with van der Waals surface area (Å²) < 4.78 is 11.3. The minimum atomic E-state index is -0.602. The first-order chi connectivity index (χ1) is 12.1. The van der Waals surface area contributed by atoms with Gasteiger partial charge in [0, 0.05) is 13.5 Å². The van der Waals surface area contributed by atoms with Crippen LogP contribution in [0.4, 0.5) is 0 Å². The molecule has 2 nitrogen and oxygen atoms in total. The van der Waals surface area contributed by atoms with Crippen LogP contribution < -0.4 is 0 Å². The van der Waals surface area contributed by atoms with Gasteiger partial charge in [0.05, 0.1) is 5.76 Å². The molecule has 0 saturated heterocycles. The Kier molecular flexibility index (Phi) is 15.9. The molecule has 1 atom stereocenters. The lowest BCUT2D eigenvalue weighted by Crippen LogP contribution is -2.35. The predicted octanol–water partition coefficient (Wildman–Crippen LogP) is 7.04. The average Bonchev–Trinajstić information content (AvgIpc) is 2.63. The number of hydrogen-bond donors (Lipinski definition) is 0. The Labute approximate surface area is 157 Å². The third kappa shape index (κ3) is 13.0. The second-order valence-electron chi connectivity index (χ2n) is 7.21. The highest BCUT2D eigenvalue weighted by Gasteiger charge is 2.27. The second-order valence-corrected chi connectivity index (χ2v) is 7.21. The van der Waals surface area contributed by atoms with Crippen LogP contribution in [0.1, 0.15) is 104 Å². The molecule has 0 fully saturated rings. The van der Waals surface area contributed by atoms with Gasteiger partial charge >= 0.3 is 0 Å². The van der Waals surface area contributed by atoms with Crippen LogP contribution >= 0.6 is 0 Å². The van der Waals surface area contributed by atoms with E-state index in [2.05, 4.69) is 26.3 Å². The minimum absolute atomic E-state index is 0.407. The number of unbranched alkanes of at least 4 members (excludes halogenated alkanes) is 10. The molecule has 0 rings (SSSR count). The zero-order valence-corrected chi connectivity index (χ0v) is 17.2.